The molecule has 3 N–H and O–H groups in total. The van der Waals surface area contributed by atoms with Crippen molar-refractivity contribution in [2.75, 3.05) is 7.11 Å². The lowest BCUT2D eigenvalue weighted by molar-refractivity contribution is 0.114. The highest BCUT2D eigenvalue weighted by atomic mass is 79.9. The Bertz CT molecular complexity index is 360. The number of phenolic OH excluding ortho intramolecular Hbond substituents is 1. The average molecular weight is 282 g/mol. The van der Waals surface area contributed by atoms with E-state index in [1.165, 1.54) is 19.2 Å². The zero-order valence-corrected chi connectivity index (χ0v) is 9.46. The number of rotatable bonds is 3. The number of methoxy groups -OCH3 is 1. The number of hydrogen-bond donors (Lipinski definition) is 2. The van der Waals surface area contributed by atoms with Gasteiger partial charge in [0.15, 0.2) is 11.5 Å². The maximum absolute atomic E-state index is 12.4. The van der Waals surface area contributed by atoms with Crippen molar-refractivity contribution < 1.29 is 18.6 Å². The fraction of sp³-hybridized carbons (Fsp3) is 0.333. The van der Waals surface area contributed by atoms with Gasteiger partial charge in [0.25, 0.3) is 6.43 Å². The number of phenols is 1. The zero-order chi connectivity index (χ0) is 11.6. The fourth-order valence-corrected chi connectivity index (χ4v) is 1.76. The van der Waals surface area contributed by atoms with Crippen LogP contribution in [0.1, 0.15) is 11.6 Å². The second-order valence-corrected chi connectivity index (χ2v) is 3.73. The summed E-state index contributed by atoms with van der Waals surface area (Å²) in [6, 6.07) is 1.41. The van der Waals surface area contributed by atoms with Gasteiger partial charge < -0.3 is 15.6 Å². The molecule has 0 amide bonds. The van der Waals surface area contributed by atoms with Crippen molar-refractivity contribution in [3.8, 4) is 11.5 Å². The smallest absolute Gasteiger partial charge is 0.257 e. The summed E-state index contributed by atoms with van der Waals surface area (Å²) in [5.74, 6) is -0.246. The monoisotopic (exact) mass is 281 g/mol. The third-order valence-corrected chi connectivity index (χ3v) is 2.64. The summed E-state index contributed by atoms with van der Waals surface area (Å²) in [7, 11) is 1.33. The van der Waals surface area contributed by atoms with Crippen LogP contribution in [0.2, 0.25) is 0 Å². The molecule has 0 radical (unpaired) electrons. The number of ether oxygens (including phenoxy) is 1. The zero-order valence-electron chi connectivity index (χ0n) is 7.88. The van der Waals surface area contributed by atoms with Gasteiger partial charge in [0.05, 0.1) is 13.2 Å². The van der Waals surface area contributed by atoms with Crippen molar-refractivity contribution >= 4 is 15.9 Å². The lowest BCUT2D eigenvalue weighted by Crippen LogP contribution is -2.19. The third-order valence-electron chi connectivity index (χ3n) is 1.95. The van der Waals surface area contributed by atoms with E-state index < -0.39 is 12.5 Å². The fourth-order valence-electron chi connectivity index (χ4n) is 1.17. The molecule has 1 rings (SSSR count). The maximum atomic E-state index is 12.4. The first-order valence-electron chi connectivity index (χ1n) is 4.08. The van der Waals surface area contributed by atoms with Crippen molar-refractivity contribution in [1.82, 2.24) is 0 Å². The van der Waals surface area contributed by atoms with Crippen molar-refractivity contribution in [3.05, 3.63) is 22.2 Å². The first-order valence-corrected chi connectivity index (χ1v) is 4.87. The molecule has 0 aliphatic carbocycles. The molecule has 0 saturated carbocycles. The van der Waals surface area contributed by atoms with Crippen LogP contribution in [0.15, 0.2) is 16.6 Å². The van der Waals surface area contributed by atoms with Crippen LogP contribution < -0.4 is 10.5 Å². The van der Waals surface area contributed by atoms with E-state index in [2.05, 4.69) is 15.9 Å². The molecule has 0 spiro atoms. The Kier molecular flexibility index (Phi) is 3.87. The van der Waals surface area contributed by atoms with Crippen molar-refractivity contribution in [2.24, 2.45) is 5.73 Å². The van der Waals surface area contributed by atoms with Crippen molar-refractivity contribution in [1.29, 1.82) is 0 Å². The summed E-state index contributed by atoms with van der Waals surface area (Å²) < 4.78 is 30.0. The van der Waals surface area contributed by atoms with Gasteiger partial charge in [-0.05, 0) is 12.1 Å². The summed E-state index contributed by atoms with van der Waals surface area (Å²) in [6.45, 7) is 0. The molecule has 84 valence electrons. The topological polar surface area (TPSA) is 55.5 Å². The van der Waals surface area contributed by atoms with E-state index >= 15 is 0 Å². The molecule has 0 fully saturated rings. The van der Waals surface area contributed by atoms with E-state index in [4.69, 9.17) is 10.5 Å². The van der Waals surface area contributed by atoms with E-state index in [0.29, 0.717) is 4.47 Å². The maximum Gasteiger partial charge on any atom is 0.257 e. The Morgan fingerprint density at radius 3 is 2.53 bits per heavy atom. The van der Waals surface area contributed by atoms with Crippen LogP contribution in [0.3, 0.4) is 0 Å². The molecule has 0 aliphatic rings. The highest BCUT2D eigenvalue weighted by Gasteiger charge is 2.25. The van der Waals surface area contributed by atoms with E-state index in [1.807, 2.05) is 0 Å². The average Bonchev–Trinajstić information content (AvgIpc) is 2.17. The highest BCUT2D eigenvalue weighted by Crippen LogP contribution is 2.39. The SMILES string of the molecule is COc1ccc(Br)c([C@H](N)C(F)F)c1O. The van der Waals surface area contributed by atoms with Gasteiger partial charge in [0, 0.05) is 10.0 Å². The third kappa shape index (κ3) is 2.38. The Morgan fingerprint density at radius 2 is 2.07 bits per heavy atom. The van der Waals surface area contributed by atoms with Crippen molar-refractivity contribution in [3.63, 3.8) is 0 Å². The van der Waals surface area contributed by atoms with Crippen LogP contribution in [0.5, 0.6) is 11.5 Å². The molecule has 0 unspecified atom stereocenters. The van der Waals surface area contributed by atoms with Gasteiger partial charge >= 0.3 is 0 Å². The first kappa shape index (κ1) is 12.2. The lowest BCUT2D eigenvalue weighted by Gasteiger charge is -2.16. The number of aromatic hydroxyl groups is 1. The Balaban J connectivity index is 3.26. The van der Waals surface area contributed by atoms with Crippen LogP contribution in [0.4, 0.5) is 8.78 Å². The van der Waals surface area contributed by atoms with Crippen LogP contribution >= 0.6 is 15.9 Å². The van der Waals surface area contributed by atoms with Gasteiger partial charge in [0.2, 0.25) is 0 Å². The number of hydrogen-bond acceptors (Lipinski definition) is 3. The number of nitrogens with two attached hydrogens (primary N) is 1. The van der Waals surface area contributed by atoms with Crippen molar-refractivity contribution in [2.45, 2.75) is 12.5 Å². The second kappa shape index (κ2) is 4.76. The molecule has 0 heterocycles. The minimum Gasteiger partial charge on any atom is -0.504 e. The molecule has 1 atom stereocenters. The molecule has 0 bridgehead atoms. The quantitative estimate of drug-likeness (QED) is 0.895. The van der Waals surface area contributed by atoms with Gasteiger partial charge in [-0.2, -0.15) is 0 Å². The number of alkyl halides is 2. The van der Waals surface area contributed by atoms with E-state index in [-0.39, 0.29) is 17.1 Å². The summed E-state index contributed by atoms with van der Waals surface area (Å²) in [5.41, 5.74) is 5.22. The Morgan fingerprint density at radius 1 is 1.47 bits per heavy atom. The highest BCUT2D eigenvalue weighted by molar-refractivity contribution is 9.10. The lowest BCUT2D eigenvalue weighted by atomic mass is 10.1. The van der Waals surface area contributed by atoms with E-state index in [1.54, 1.807) is 0 Å². The van der Waals surface area contributed by atoms with E-state index in [9.17, 15) is 13.9 Å². The largest absolute Gasteiger partial charge is 0.504 e. The molecule has 6 heteroatoms. The van der Waals surface area contributed by atoms with Crippen LogP contribution in [0, 0.1) is 0 Å². The van der Waals surface area contributed by atoms with Gasteiger partial charge in [0.1, 0.15) is 0 Å². The molecule has 1 aromatic carbocycles. The molecule has 1 aromatic rings. The summed E-state index contributed by atoms with van der Waals surface area (Å²) in [5, 5.41) is 9.62. The summed E-state index contributed by atoms with van der Waals surface area (Å²) >= 11 is 3.05. The van der Waals surface area contributed by atoms with Gasteiger partial charge in [-0.3, -0.25) is 0 Å². The Hall–Kier alpha value is -0.880. The van der Waals surface area contributed by atoms with Crippen LogP contribution in [-0.4, -0.2) is 18.6 Å². The summed E-state index contributed by atoms with van der Waals surface area (Å²) in [4.78, 5) is 0. The molecule has 3 nitrogen and oxygen atoms in total. The normalized spacial score (nSPS) is 12.9. The van der Waals surface area contributed by atoms with E-state index in [0.717, 1.165) is 0 Å². The van der Waals surface area contributed by atoms with Gasteiger partial charge in [-0.25, -0.2) is 8.78 Å². The molecule has 15 heavy (non-hydrogen) atoms. The van der Waals surface area contributed by atoms with Crippen LogP contribution in [-0.2, 0) is 0 Å². The minimum absolute atomic E-state index is 0.0515. The molecule has 0 aromatic heterocycles. The second-order valence-electron chi connectivity index (χ2n) is 2.87. The molecular formula is C9H10BrF2NO2. The first-order chi connectivity index (χ1) is 6.99. The molecule has 0 aliphatic heterocycles. The number of benzene rings is 1. The number of halogens is 3. The predicted molar refractivity (Wildman–Crippen MR) is 55.3 cm³/mol. The van der Waals surface area contributed by atoms with Crippen LogP contribution in [0.25, 0.3) is 0 Å². The van der Waals surface area contributed by atoms with Gasteiger partial charge in [-0.15, -0.1) is 0 Å². The molecule has 0 saturated heterocycles. The predicted octanol–water partition coefficient (Wildman–Crippen LogP) is 2.43. The summed E-state index contributed by atoms with van der Waals surface area (Å²) in [6.07, 6.45) is -2.75. The minimum atomic E-state index is -2.75. The molecular weight excluding hydrogens is 272 g/mol. The van der Waals surface area contributed by atoms with Gasteiger partial charge in [-0.1, -0.05) is 15.9 Å². The Labute approximate surface area is 94.0 Å². The standard InChI is InChI=1S/C9H10BrF2NO2/c1-15-5-3-2-4(10)6(8(5)14)7(13)9(11)12/h2-3,7,9,14H,13H2,1H3/t7-/m0/s1.